The van der Waals surface area contributed by atoms with Crippen molar-refractivity contribution in [3.63, 3.8) is 0 Å². The lowest BCUT2D eigenvalue weighted by molar-refractivity contribution is -0.116. The number of nitrogens with zero attached hydrogens (tertiary/aromatic N) is 2. The molecule has 1 aromatic heterocycles. The molecule has 2 N–H and O–H groups in total. The third kappa shape index (κ3) is 3.79. The maximum atomic E-state index is 13.6. The standard InChI is InChI=1S/C19H18F2N4O2/c1-10-15(23-12(3)26)5-4-6-16(10)24-19(27)9-25-11(2)22-17-7-13(20)14(21)8-18(17)25/h4-8H,9H2,1-3H3,(H,23,26)(H,24,27). The number of carbonyl (C=O) groups is 2. The smallest absolute Gasteiger partial charge is 0.244 e. The Morgan fingerprint density at radius 2 is 1.70 bits per heavy atom. The topological polar surface area (TPSA) is 76.0 Å². The van der Waals surface area contributed by atoms with Crippen LogP contribution < -0.4 is 10.6 Å². The van der Waals surface area contributed by atoms with Gasteiger partial charge >= 0.3 is 0 Å². The molecule has 6 nitrogen and oxygen atoms in total. The number of rotatable bonds is 4. The number of amides is 2. The van der Waals surface area contributed by atoms with Gasteiger partial charge in [-0.05, 0) is 31.5 Å². The third-order valence-electron chi connectivity index (χ3n) is 4.20. The Bertz CT molecular complexity index is 1060. The lowest BCUT2D eigenvalue weighted by Crippen LogP contribution is -2.20. The van der Waals surface area contributed by atoms with Crippen LogP contribution in [0.4, 0.5) is 20.2 Å². The van der Waals surface area contributed by atoms with Crippen LogP contribution in [0.15, 0.2) is 30.3 Å². The van der Waals surface area contributed by atoms with Crippen molar-refractivity contribution in [2.24, 2.45) is 0 Å². The first-order valence-corrected chi connectivity index (χ1v) is 8.25. The molecule has 0 bridgehead atoms. The molecule has 140 valence electrons. The Hall–Kier alpha value is -3.29. The highest BCUT2D eigenvalue weighted by Gasteiger charge is 2.15. The van der Waals surface area contributed by atoms with Crippen LogP contribution in [0, 0.1) is 25.5 Å². The highest BCUT2D eigenvalue weighted by molar-refractivity contribution is 5.95. The van der Waals surface area contributed by atoms with Crippen molar-refractivity contribution in [3.8, 4) is 0 Å². The summed E-state index contributed by atoms with van der Waals surface area (Å²) in [6.07, 6.45) is 0. The molecule has 8 heteroatoms. The predicted molar refractivity (Wildman–Crippen MR) is 98.5 cm³/mol. The summed E-state index contributed by atoms with van der Waals surface area (Å²) >= 11 is 0. The quantitative estimate of drug-likeness (QED) is 0.736. The van der Waals surface area contributed by atoms with E-state index >= 15 is 0 Å². The highest BCUT2D eigenvalue weighted by Crippen LogP contribution is 2.24. The van der Waals surface area contributed by atoms with Gasteiger partial charge in [-0.15, -0.1) is 0 Å². The number of imidazole rings is 1. The SMILES string of the molecule is CC(=O)Nc1cccc(NC(=O)Cn2c(C)nc3cc(F)c(F)cc32)c1C. The Kier molecular flexibility index (Phi) is 4.89. The molecule has 0 aliphatic heterocycles. The van der Waals surface area contributed by atoms with Gasteiger partial charge < -0.3 is 15.2 Å². The molecule has 0 atom stereocenters. The van der Waals surface area contributed by atoms with Crippen molar-refractivity contribution in [1.82, 2.24) is 9.55 Å². The van der Waals surface area contributed by atoms with E-state index in [1.807, 2.05) is 0 Å². The molecule has 0 unspecified atom stereocenters. The zero-order chi connectivity index (χ0) is 19.7. The van der Waals surface area contributed by atoms with Crippen molar-refractivity contribution in [2.45, 2.75) is 27.3 Å². The first-order chi connectivity index (χ1) is 12.8. The van der Waals surface area contributed by atoms with Crippen molar-refractivity contribution >= 4 is 34.2 Å². The molecule has 0 saturated carbocycles. The second-order valence-electron chi connectivity index (χ2n) is 6.21. The molecule has 3 rings (SSSR count). The molecule has 0 spiro atoms. The minimum atomic E-state index is -0.997. The van der Waals surface area contributed by atoms with Crippen LogP contribution in [-0.4, -0.2) is 21.4 Å². The number of hydrogen-bond donors (Lipinski definition) is 2. The van der Waals surface area contributed by atoms with Crippen molar-refractivity contribution < 1.29 is 18.4 Å². The van der Waals surface area contributed by atoms with E-state index in [2.05, 4.69) is 15.6 Å². The summed E-state index contributed by atoms with van der Waals surface area (Å²) in [7, 11) is 0. The Labute approximate surface area is 154 Å². The number of aryl methyl sites for hydroxylation is 1. The van der Waals surface area contributed by atoms with Gasteiger partial charge in [-0.25, -0.2) is 13.8 Å². The minimum absolute atomic E-state index is 0.114. The van der Waals surface area contributed by atoms with Gasteiger partial charge in [0.25, 0.3) is 0 Å². The van der Waals surface area contributed by atoms with Gasteiger partial charge in [0.15, 0.2) is 11.6 Å². The molecular formula is C19H18F2N4O2. The highest BCUT2D eigenvalue weighted by atomic mass is 19.2. The Morgan fingerprint density at radius 3 is 2.37 bits per heavy atom. The van der Waals surface area contributed by atoms with Crippen LogP contribution in [0.3, 0.4) is 0 Å². The van der Waals surface area contributed by atoms with E-state index in [0.717, 1.165) is 12.1 Å². The van der Waals surface area contributed by atoms with E-state index in [1.54, 1.807) is 32.0 Å². The predicted octanol–water partition coefficient (Wildman–Crippen LogP) is 3.53. The fraction of sp³-hybridized carbons (Fsp3) is 0.211. The zero-order valence-corrected chi connectivity index (χ0v) is 15.1. The number of benzene rings is 2. The van der Waals surface area contributed by atoms with Gasteiger partial charge in [0.05, 0.1) is 11.0 Å². The average Bonchev–Trinajstić information content (AvgIpc) is 2.86. The van der Waals surface area contributed by atoms with Crippen molar-refractivity contribution in [2.75, 3.05) is 10.6 Å². The summed E-state index contributed by atoms with van der Waals surface area (Å²) in [5, 5.41) is 5.47. The van der Waals surface area contributed by atoms with Gasteiger partial charge in [-0.2, -0.15) is 0 Å². The van der Waals surface area contributed by atoms with Gasteiger partial charge in [0, 0.05) is 30.4 Å². The Balaban J connectivity index is 1.85. The summed E-state index contributed by atoms with van der Waals surface area (Å²) in [5.41, 5.74) is 2.47. The molecule has 0 fully saturated rings. The van der Waals surface area contributed by atoms with E-state index in [1.165, 1.54) is 11.5 Å². The number of aromatic nitrogens is 2. The minimum Gasteiger partial charge on any atom is -0.326 e. The fourth-order valence-electron chi connectivity index (χ4n) is 2.87. The van der Waals surface area contributed by atoms with Gasteiger partial charge in [0.1, 0.15) is 12.4 Å². The van der Waals surface area contributed by atoms with E-state index in [0.29, 0.717) is 28.3 Å². The van der Waals surface area contributed by atoms with Crippen LogP contribution >= 0.6 is 0 Å². The molecule has 1 heterocycles. The third-order valence-corrected chi connectivity index (χ3v) is 4.20. The Morgan fingerprint density at radius 1 is 1.07 bits per heavy atom. The number of nitrogens with one attached hydrogen (secondary N) is 2. The van der Waals surface area contributed by atoms with Crippen LogP contribution in [0.5, 0.6) is 0 Å². The van der Waals surface area contributed by atoms with E-state index in [9.17, 15) is 18.4 Å². The fourth-order valence-corrected chi connectivity index (χ4v) is 2.87. The van der Waals surface area contributed by atoms with Crippen molar-refractivity contribution in [3.05, 3.63) is 53.4 Å². The van der Waals surface area contributed by atoms with Gasteiger partial charge in [-0.3, -0.25) is 9.59 Å². The number of halogens is 2. The van der Waals surface area contributed by atoms with Crippen molar-refractivity contribution in [1.29, 1.82) is 0 Å². The maximum absolute atomic E-state index is 13.6. The lowest BCUT2D eigenvalue weighted by atomic mass is 10.1. The number of carbonyl (C=O) groups excluding carboxylic acids is 2. The summed E-state index contributed by atoms with van der Waals surface area (Å²) in [6.45, 7) is 4.72. The number of hydrogen-bond acceptors (Lipinski definition) is 3. The van der Waals surface area contributed by atoms with Gasteiger partial charge in [-0.1, -0.05) is 6.07 Å². The van der Waals surface area contributed by atoms with E-state index < -0.39 is 11.6 Å². The summed E-state index contributed by atoms with van der Waals surface area (Å²) in [6, 6.07) is 7.20. The first-order valence-electron chi connectivity index (χ1n) is 8.25. The number of anilines is 2. The summed E-state index contributed by atoms with van der Waals surface area (Å²) in [5.74, 6) is -2.08. The molecule has 3 aromatic rings. The van der Waals surface area contributed by atoms with Gasteiger partial charge in [0.2, 0.25) is 11.8 Å². The molecule has 0 aliphatic carbocycles. The lowest BCUT2D eigenvalue weighted by Gasteiger charge is -2.13. The van der Waals surface area contributed by atoms with Crippen LogP contribution in [0.1, 0.15) is 18.3 Å². The normalized spacial score (nSPS) is 10.9. The van der Waals surface area contributed by atoms with E-state index in [4.69, 9.17) is 0 Å². The molecular weight excluding hydrogens is 354 g/mol. The second kappa shape index (κ2) is 7.14. The molecule has 0 radical (unpaired) electrons. The molecule has 0 aliphatic rings. The maximum Gasteiger partial charge on any atom is 0.244 e. The summed E-state index contributed by atoms with van der Waals surface area (Å²) in [4.78, 5) is 27.9. The number of fused-ring (bicyclic) bond motifs is 1. The summed E-state index contributed by atoms with van der Waals surface area (Å²) < 4.78 is 28.5. The second-order valence-corrected chi connectivity index (χ2v) is 6.21. The largest absolute Gasteiger partial charge is 0.326 e. The molecule has 2 amide bonds. The molecule has 27 heavy (non-hydrogen) atoms. The van der Waals surface area contributed by atoms with Crippen LogP contribution in [-0.2, 0) is 16.1 Å². The molecule has 0 saturated heterocycles. The monoisotopic (exact) mass is 372 g/mol. The van der Waals surface area contributed by atoms with Crippen LogP contribution in [0.25, 0.3) is 11.0 Å². The first kappa shape index (κ1) is 18.5. The van der Waals surface area contributed by atoms with Crippen LogP contribution in [0.2, 0.25) is 0 Å². The molecule has 2 aromatic carbocycles. The average molecular weight is 372 g/mol. The van der Waals surface area contributed by atoms with E-state index in [-0.39, 0.29) is 23.9 Å². The zero-order valence-electron chi connectivity index (χ0n) is 15.1.